The van der Waals surface area contributed by atoms with Crippen LogP contribution in [-0.4, -0.2) is 17.8 Å². The molecule has 0 atom stereocenters. The zero-order valence-electron chi connectivity index (χ0n) is 22.8. The third-order valence-electron chi connectivity index (χ3n) is 6.96. The molecule has 0 spiro atoms. The summed E-state index contributed by atoms with van der Waals surface area (Å²) in [7, 11) is 0. The number of fused-ring (bicyclic) bond motifs is 1. The van der Waals surface area contributed by atoms with E-state index in [-0.39, 0.29) is 5.57 Å². The summed E-state index contributed by atoms with van der Waals surface area (Å²) in [5.74, 6) is -0.370. The first-order valence-electron chi connectivity index (χ1n) is 13.5. The Bertz CT molecular complexity index is 1860. The molecule has 0 saturated carbocycles. The maximum atomic E-state index is 13.4. The fourth-order valence-electron chi connectivity index (χ4n) is 4.77. The van der Waals surface area contributed by atoms with E-state index in [0.29, 0.717) is 41.0 Å². The highest BCUT2D eigenvalue weighted by molar-refractivity contribution is 6.39. The summed E-state index contributed by atoms with van der Waals surface area (Å²) < 4.78 is 11.9. The quantitative estimate of drug-likeness (QED) is 0.152. The van der Waals surface area contributed by atoms with Crippen molar-refractivity contribution in [1.82, 2.24) is 5.32 Å². The van der Waals surface area contributed by atoms with Crippen LogP contribution in [-0.2, 0) is 22.8 Å². The SMILES string of the molecule is O=C1NC(=O)N(c2ccc(OCc3ccc(Cl)cc3)cc2)C(=O)/C1=C\c1cccc(OCc2cccc3ccccc23)c1. The number of hydrogen-bond donors (Lipinski definition) is 1. The summed E-state index contributed by atoms with van der Waals surface area (Å²) in [5, 5.41) is 5.14. The van der Waals surface area contributed by atoms with Crippen molar-refractivity contribution in [1.29, 1.82) is 0 Å². The Kier molecular flexibility index (Phi) is 7.89. The second-order valence-electron chi connectivity index (χ2n) is 9.87. The highest BCUT2D eigenvalue weighted by Gasteiger charge is 2.36. The number of carbonyl (C=O) groups is 3. The largest absolute Gasteiger partial charge is 0.489 e. The van der Waals surface area contributed by atoms with Crippen LogP contribution in [0.1, 0.15) is 16.7 Å². The van der Waals surface area contributed by atoms with Crippen LogP contribution in [0.5, 0.6) is 11.5 Å². The Balaban J connectivity index is 1.16. The lowest BCUT2D eigenvalue weighted by atomic mass is 10.1. The summed E-state index contributed by atoms with van der Waals surface area (Å²) in [6.07, 6.45) is 1.45. The molecule has 5 aromatic rings. The predicted molar refractivity (Wildman–Crippen MR) is 166 cm³/mol. The number of halogens is 1. The maximum Gasteiger partial charge on any atom is 0.335 e. The Hall–Kier alpha value is -5.40. The molecule has 1 aliphatic heterocycles. The van der Waals surface area contributed by atoms with Gasteiger partial charge in [-0.05, 0) is 82.1 Å². The summed E-state index contributed by atoms with van der Waals surface area (Å²) in [6, 6.07) is 34.2. The van der Waals surface area contributed by atoms with E-state index < -0.39 is 17.8 Å². The van der Waals surface area contributed by atoms with Gasteiger partial charge in [0.15, 0.2) is 0 Å². The van der Waals surface area contributed by atoms with Gasteiger partial charge in [-0.1, -0.05) is 78.3 Å². The highest BCUT2D eigenvalue weighted by atomic mass is 35.5. The van der Waals surface area contributed by atoms with Crippen LogP contribution in [0.15, 0.2) is 121 Å². The van der Waals surface area contributed by atoms with E-state index in [4.69, 9.17) is 21.1 Å². The van der Waals surface area contributed by atoms with E-state index in [2.05, 4.69) is 23.5 Å². The molecule has 0 aromatic heterocycles. The van der Waals surface area contributed by atoms with Crippen LogP contribution in [0.3, 0.4) is 0 Å². The number of urea groups is 1. The lowest BCUT2D eigenvalue weighted by molar-refractivity contribution is -0.122. The molecule has 8 heteroatoms. The standard InChI is InChI=1S/C35H25ClN2O5/c36-27-13-11-23(12-14-27)21-42-29-17-15-28(16-18-29)38-34(40)32(33(39)37-35(38)41)20-24-5-3-9-30(19-24)43-22-26-8-4-7-25-6-1-2-10-31(25)26/h1-20H,21-22H2,(H,37,39,41)/b32-20-. The zero-order valence-corrected chi connectivity index (χ0v) is 23.6. The number of imide groups is 2. The van der Waals surface area contributed by atoms with E-state index in [1.165, 1.54) is 6.08 Å². The number of carbonyl (C=O) groups excluding carboxylic acids is 3. The van der Waals surface area contributed by atoms with Crippen molar-refractivity contribution in [2.24, 2.45) is 0 Å². The van der Waals surface area contributed by atoms with Crippen molar-refractivity contribution in [2.75, 3.05) is 4.90 Å². The van der Waals surface area contributed by atoms with Crippen molar-refractivity contribution in [2.45, 2.75) is 13.2 Å². The third kappa shape index (κ3) is 6.27. The van der Waals surface area contributed by atoms with Gasteiger partial charge in [-0.3, -0.25) is 14.9 Å². The summed E-state index contributed by atoms with van der Waals surface area (Å²) in [4.78, 5) is 39.7. The van der Waals surface area contributed by atoms with Crippen molar-refractivity contribution >= 4 is 52.0 Å². The van der Waals surface area contributed by atoms with Gasteiger partial charge in [-0.2, -0.15) is 0 Å². The maximum absolute atomic E-state index is 13.4. The Morgan fingerprint density at radius 2 is 1.44 bits per heavy atom. The van der Waals surface area contributed by atoms with Crippen molar-refractivity contribution in [3.63, 3.8) is 0 Å². The monoisotopic (exact) mass is 588 g/mol. The molecule has 4 amide bonds. The van der Waals surface area contributed by atoms with Gasteiger partial charge in [0.05, 0.1) is 5.69 Å². The first-order valence-corrected chi connectivity index (χ1v) is 13.9. The molecule has 0 aliphatic carbocycles. The van der Waals surface area contributed by atoms with E-state index in [1.54, 1.807) is 54.6 Å². The van der Waals surface area contributed by atoms with Gasteiger partial charge in [0.1, 0.15) is 30.3 Å². The minimum Gasteiger partial charge on any atom is -0.489 e. The van der Waals surface area contributed by atoms with Gasteiger partial charge in [0.2, 0.25) is 0 Å². The molecule has 7 nitrogen and oxygen atoms in total. The molecule has 1 fully saturated rings. The summed E-state index contributed by atoms with van der Waals surface area (Å²) in [5.41, 5.74) is 2.68. The third-order valence-corrected chi connectivity index (χ3v) is 7.21. The Labute approximate surface area is 252 Å². The number of benzene rings is 5. The van der Waals surface area contributed by atoms with Crippen molar-refractivity contribution < 1.29 is 23.9 Å². The second-order valence-corrected chi connectivity index (χ2v) is 10.3. The first kappa shape index (κ1) is 27.8. The lowest BCUT2D eigenvalue weighted by Crippen LogP contribution is -2.54. The predicted octanol–water partition coefficient (Wildman–Crippen LogP) is 7.32. The molecule has 5 aromatic carbocycles. The smallest absolute Gasteiger partial charge is 0.335 e. The first-order chi connectivity index (χ1) is 20.9. The van der Waals surface area contributed by atoms with Gasteiger partial charge in [0, 0.05) is 5.02 Å². The molecule has 0 unspecified atom stereocenters. The fourth-order valence-corrected chi connectivity index (χ4v) is 4.90. The second kappa shape index (κ2) is 12.2. The number of barbiturate groups is 1. The Morgan fingerprint density at radius 1 is 0.721 bits per heavy atom. The molecule has 1 heterocycles. The molecule has 212 valence electrons. The molecule has 6 rings (SSSR count). The molecule has 1 aliphatic rings. The van der Waals surface area contributed by atoms with E-state index >= 15 is 0 Å². The van der Waals surface area contributed by atoms with Gasteiger partial charge < -0.3 is 9.47 Å². The Morgan fingerprint density at radius 3 is 2.26 bits per heavy atom. The minimum absolute atomic E-state index is 0.172. The molecule has 1 N–H and O–H groups in total. The topological polar surface area (TPSA) is 84.9 Å². The number of amides is 4. The van der Waals surface area contributed by atoms with Crippen LogP contribution >= 0.6 is 11.6 Å². The zero-order chi connectivity index (χ0) is 29.8. The number of anilines is 1. The number of hydrogen-bond acceptors (Lipinski definition) is 5. The molecular weight excluding hydrogens is 564 g/mol. The molecular formula is C35H25ClN2O5. The van der Waals surface area contributed by atoms with E-state index in [0.717, 1.165) is 26.8 Å². The highest BCUT2D eigenvalue weighted by Crippen LogP contribution is 2.26. The van der Waals surface area contributed by atoms with Gasteiger partial charge in [-0.15, -0.1) is 0 Å². The molecule has 0 bridgehead atoms. The van der Waals surface area contributed by atoms with Crippen molar-refractivity contribution in [3.8, 4) is 11.5 Å². The van der Waals surface area contributed by atoms with E-state index in [1.807, 2.05) is 42.5 Å². The molecule has 1 saturated heterocycles. The minimum atomic E-state index is -0.825. The average Bonchev–Trinajstić information content (AvgIpc) is 3.02. The number of nitrogens with zero attached hydrogens (tertiary/aromatic N) is 1. The van der Waals surface area contributed by atoms with Crippen LogP contribution in [0.4, 0.5) is 10.5 Å². The van der Waals surface area contributed by atoms with Crippen LogP contribution in [0.2, 0.25) is 5.02 Å². The van der Waals surface area contributed by atoms with Crippen LogP contribution < -0.4 is 19.7 Å². The molecule has 43 heavy (non-hydrogen) atoms. The van der Waals surface area contributed by atoms with Gasteiger partial charge >= 0.3 is 6.03 Å². The average molecular weight is 589 g/mol. The van der Waals surface area contributed by atoms with Gasteiger partial charge in [0.25, 0.3) is 11.8 Å². The van der Waals surface area contributed by atoms with E-state index in [9.17, 15) is 14.4 Å². The van der Waals surface area contributed by atoms with Gasteiger partial charge in [-0.25, -0.2) is 9.69 Å². The fraction of sp³-hybridized carbons (Fsp3) is 0.0571. The van der Waals surface area contributed by atoms with Crippen LogP contribution in [0, 0.1) is 0 Å². The molecule has 0 radical (unpaired) electrons. The lowest BCUT2D eigenvalue weighted by Gasteiger charge is -2.26. The number of nitrogens with one attached hydrogen (secondary N) is 1. The summed E-state index contributed by atoms with van der Waals surface area (Å²) >= 11 is 5.93. The van der Waals surface area contributed by atoms with Crippen LogP contribution in [0.25, 0.3) is 16.8 Å². The number of ether oxygens (including phenoxy) is 2. The normalized spacial score (nSPS) is 14.2. The number of rotatable bonds is 8. The van der Waals surface area contributed by atoms with Crippen molar-refractivity contribution in [3.05, 3.63) is 143 Å². The summed E-state index contributed by atoms with van der Waals surface area (Å²) in [6.45, 7) is 0.675.